The van der Waals surface area contributed by atoms with Crippen LogP contribution in [-0.4, -0.2) is 55.3 Å². The number of aryl methyl sites for hydroxylation is 2. The minimum absolute atomic E-state index is 0.0370. The van der Waals surface area contributed by atoms with Crippen LogP contribution in [0.3, 0.4) is 0 Å². The first-order valence-corrected chi connectivity index (χ1v) is 13.8. The first-order valence-electron chi connectivity index (χ1n) is 13.0. The van der Waals surface area contributed by atoms with E-state index in [4.69, 9.17) is 23.2 Å². The Labute approximate surface area is 236 Å². The number of phenolic OH excluding ortho intramolecular Hbond substituents is 1. The van der Waals surface area contributed by atoms with Crippen molar-refractivity contribution in [2.24, 2.45) is 17.8 Å². The first kappa shape index (κ1) is 26.1. The quantitative estimate of drug-likeness (QED) is 0.341. The van der Waals surface area contributed by atoms with Crippen LogP contribution in [0.15, 0.2) is 54.1 Å². The Hall–Kier alpha value is -3.16. The van der Waals surface area contributed by atoms with Gasteiger partial charge in [0.15, 0.2) is 9.75 Å². The van der Waals surface area contributed by atoms with Gasteiger partial charge in [-0.2, -0.15) is 0 Å². The van der Waals surface area contributed by atoms with Gasteiger partial charge in [0.2, 0.25) is 11.8 Å². The summed E-state index contributed by atoms with van der Waals surface area (Å²) in [6.07, 6.45) is 2.20. The number of carbonyl (C=O) groups excluding carboxylic acids is 4. The summed E-state index contributed by atoms with van der Waals surface area (Å²) in [6, 6.07) is 12.8. The average Bonchev–Trinajstić information content (AvgIpc) is 3.22. The Morgan fingerprint density at radius 1 is 0.949 bits per heavy atom. The fourth-order valence-electron chi connectivity index (χ4n) is 7.26. The third-order valence-corrected chi connectivity index (χ3v) is 10.5. The van der Waals surface area contributed by atoms with E-state index in [9.17, 15) is 24.3 Å². The zero-order valence-electron chi connectivity index (χ0n) is 21.8. The molecule has 6 rings (SSSR count). The molecule has 0 radical (unpaired) electrons. The van der Waals surface area contributed by atoms with Crippen LogP contribution in [0.2, 0.25) is 0 Å². The molecule has 2 aliphatic carbocycles. The van der Waals surface area contributed by atoms with Gasteiger partial charge >= 0.3 is 0 Å². The van der Waals surface area contributed by atoms with Gasteiger partial charge in [0.1, 0.15) is 5.75 Å². The van der Waals surface area contributed by atoms with Gasteiger partial charge in [0.25, 0.3) is 11.8 Å². The van der Waals surface area contributed by atoms with E-state index < -0.39 is 45.2 Å². The number of fused-ring (bicyclic) bond motifs is 4. The molecule has 1 N–H and O–H groups in total. The molecule has 0 aromatic heterocycles. The highest BCUT2D eigenvalue weighted by molar-refractivity contribution is 6.53. The van der Waals surface area contributed by atoms with Crippen LogP contribution in [0.5, 0.6) is 5.75 Å². The molecular weight excluding hydrogens is 539 g/mol. The second-order valence-corrected chi connectivity index (χ2v) is 12.5. The number of hydrogen-bond acceptors (Lipinski definition) is 5. The van der Waals surface area contributed by atoms with E-state index in [0.717, 1.165) is 16.0 Å². The first-order chi connectivity index (χ1) is 18.4. The zero-order chi connectivity index (χ0) is 28.0. The van der Waals surface area contributed by atoms with Crippen LogP contribution in [0.1, 0.15) is 41.0 Å². The molecule has 3 fully saturated rings. The Morgan fingerprint density at radius 3 is 2.23 bits per heavy atom. The van der Waals surface area contributed by atoms with E-state index in [1.54, 1.807) is 26.0 Å². The van der Waals surface area contributed by atoms with Crippen LogP contribution in [0.4, 0.5) is 0 Å². The molecule has 0 bridgehead atoms. The fraction of sp³-hybridized carbons (Fsp3) is 0.400. The molecule has 2 aliphatic heterocycles. The number of allylic oxidation sites excluding steroid dienone is 2. The number of nitrogens with zero attached hydrogens (tertiary/aromatic N) is 2. The number of phenols is 1. The SMILES string of the molecule is Cc1cc(C2C3=CCC4C(=O)N(Cc5ccccc5)C(=O)C4C3CC3(Cl)C(=O)N(C)C(=O)C23Cl)cc(C)c1O. The lowest BCUT2D eigenvalue weighted by atomic mass is 9.56. The number of aromatic hydroxyl groups is 1. The molecule has 2 aromatic carbocycles. The van der Waals surface area contributed by atoms with Crippen molar-refractivity contribution in [2.45, 2.75) is 48.9 Å². The maximum Gasteiger partial charge on any atom is 0.253 e. The van der Waals surface area contributed by atoms with Crippen LogP contribution in [-0.2, 0) is 25.7 Å². The maximum atomic E-state index is 13.9. The summed E-state index contributed by atoms with van der Waals surface area (Å²) >= 11 is 14.4. The van der Waals surface area contributed by atoms with Gasteiger partial charge in [0, 0.05) is 13.0 Å². The number of halogens is 2. The fourth-order valence-corrected chi connectivity index (χ4v) is 8.28. The summed E-state index contributed by atoms with van der Waals surface area (Å²) in [5.74, 6) is -4.30. The Bertz CT molecular complexity index is 1470. The van der Waals surface area contributed by atoms with Crippen molar-refractivity contribution in [3.8, 4) is 5.75 Å². The maximum absolute atomic E-state index is 13.9. The van der Waals surface area contributed by atoms with E-state index in [-0.39, 0.29) is 30.5 Å². The highest BCUT2D eigenvalue weighted by Gasteiger charge is 2.75. The average molecular weight is 567 g/mol. The van der Waals surface area contributed by atoms with Crippen molar-refractivity contribution in [1.82, 2.24) is 9.80 Å². The predicted octanol–water partition coefficient (Wildman–Crippen LogP) is 4.20. The second kappa shape index (κ2) is 8.67. The van der Waals surface area contributed by atoms with E-state index in [0.29, 0.717) is 23.1 Å². The topological polar surface area (TPSA) is 95.0 Å². The number of likely N-dealkylation sites (tertiary alicyclic amines) is 2. The number of carbonyl (C=O) groups is 4. The zero-order valence-corrected chi connectivity index (χ0v) is 23.3. The molecule has 39 heavy (non-hydrogen) atoms. The molecule has 2 aromatic rings. The van der Waals surface area contributed by atoms with Crippen molar-refractivity contribution < 1.29 is 24.3 Å². The number of imide groups is 2. The summed E-state index contributed by atoms with van der Waals surface area (Å²) in [5, 5.41) is 10.4. The van der Waals surface area contributed by atoms with E-state index in [2.05, 4.69) is 0 Å². The van der Waals surface area contributed by atoms with Crippen LogP contribution in [0.25, 0.3) is 0 Å². The van der Waals surface area contributed by atoms with Crippen LogP contribution >= 0.6 is 23.2 Å². The normalized spacial score (nSPS) is 33.7. The molecule has 9 heteroatoms. The van der Waals surface area contributed by atoms with Gasteiger partial charge in [-0.25, -0.2) is 0 Å². The van der Waals surface area contributed by atoms with Gasteiger partial charge in [-0.05, 0) is 54.9 Å². The molecule has 1 saturated carbocycles. The highest BCUT2D eigenvalue weighted by atomic mass is 35.5. The standard InChI is InChI=1S/C30H28Cl2N2O5/c1-15-11-18(12-16(2)24(15)35)23-19-9-10-20-22(26(37)34(25(20)36)14-17-7-5-4-6-8-17)21(19)13-29(31)27(38)33(3)28(39)30(23,29)32/h4-9,11-12,20-23,35H,10,13-14H2,1-3H3. The molecule has 2 heterocycles. The van der Waals surface area contributed by atoms with E-state index in [1.165, 1.54) is 11.9 Å². The van der Waals surface area contributed by atoms with Crippen molar-refractivity contribution in [2.75, 3.05) is 7.05 Å². The van der Waals surface area contributed by atoms with E-state index in [1.807, 2.05) is 36.4 Å². The molecule has 202 valence electrons. The molecule has 0 spiro atoms. The van der Waals surface area contributed by atoms with Gasteiger partial charge in [-0.15, -0.1) is 23.2 Å². The van der Waals surface area contributed by atoms with Crippen molar-refractivity contribution in [1.29, 1.82) is 0 Å². The van der Waals surface area contributed by atoms with Crippen LogP contribution < -0.4 is 0 Å². The van der Waals surface area contributed by atoms with Crippen molar-refractivity contribution in [3.63, 3.8) is 0 Å². The minimum Gasteiger partial charge on any atom is -0.507 e. The predicted molar refractivity (Wildman–Crippen MR) is 145 cm³/mol. The van der Waals surface area contributed by atoms with Crippen LogP contribution in [0, 0.1) is 31.6 Å². The van der Waals surface area contributed by atoms with Gasteiger partial charge in [0.05, 0.1) is 18.4 Å². The van der Waals surface area contributed by atoms with E-state index >= 15 is 0 Å². The molecule has 4 amide bonds. The number of amides is 4. The minimum atomic E-state index is -1.83. The third-order valence-electron chi connectivity index (χ3n) is 9.14. The largest absolute Gasteiger partial charge is 0.507 e. The Morgan fingerprint density at radius 2 is 1.59 bits per heavy atom. The monoisotopic (exact) mass is 566 g/mol. The van der Waals surface area contributed by atoms with Gasteiger partial charge in [-0.3, -0.25) is 29.0 Å². The molecule has 6 unspecified atom stereocenters. The van der Waals surface area contributed by atoms with Gasteiger partial charge < -0.3 is 5.11 Å². The van der Waals surface area contributed by atoms with Gasteiger partial charge in [-0.1, -0.05) is 54.1 Å². The lowest BCUT2D eigenvalue weighted by Crippen LogP contribution is -2.60. The molecule has 4 aliphatic rings. The Kier molecular flexibility index (Phi) is 5.80. The van der Waals surface area contributed by atoms with Crippen molar-refractivity contribution >= 4 is 46.8 Å². The number of alkyl halides is 2. The summed E-state index contributed by atoms with van der Waals surface area (Å²) in [7, 11) is 1.37. The summed E-state index contributed by atoms with van der Waals surface area (Å²) in [5.41, 5.74) is 3.40. The second-order valence-electron chi connectivity index (χ2n) is 11.2. The third kappa shape index (κ3) is 3.35. The highest BCUT2D eigenvalue weighted by Crippen LogP contribution is 2.65. The number of hydrogen-bond donors (Lipinski definition) is 1. The molecule has 2 saturated heterocycles. The Balaban J connectivity index is 1.49. The summed E-state index contributed by atoms with van der Waals surface area (Å²) in [6.45, 7) is 3.67. The molecule has 7 nitrogen and oxygen atoms in total. The summed E-state index contributed by atoms with van der Waals surface area (Å²) < 4.78 is 0. The lowest BCUT2D eigenvalue weighted by molar-refractivity contribution is -0.141. The molecule has 6 atom stereocenters. The molecular formula is C30H28Cl2N2O5. The van der Waals surface area contributed by atoms with Crippen molar-refractivity contribution in [3.05, 3.63) is 76.4 Å². The number of rotatable bonds is 3. The summed E-state index contributed by atoms with van der Waals surface area (Å²) in [4.78, 5) is 53.2. The lowest BCUT2D eigenvalue weighted by Gasteiger charge is -2.51. The smallest absolute Gasteiger partial charge is 0.253 e. The number of benzene rings is 2.